The van der Waals surface area contributed by atoms with Gasteiger partial charge >= 0.3 is 0 Å². The summed E-state index contributed by atoms with van der Waals surface area (Å²) in [6, 6.07) is 16.5. The molecule has 7 nitrogen and oxygen atoms in total. The number of pyridine rings is 1. The lowest BCUT2D eigenvalue weighted by Gasteiger charge is -2.07. The molecule has 150 valence electrons. The summed E-state index contributed by atoms with van der Waals surface area (Å²) < 4.78 is 1.15. The molecule has 0 saturated carbocycles. The molecule has 4 aromatic rings. The number of thiazole rings is 1. The number of rotatable bonds is 6. The number of carbonyl (C=O) groups excluding carboxylic acids is 1. The van der Waals surface area contributed by atoms with Crippen LogP contribution in [0.4, 0.5) is 5.13 Å². The van der Waals surface area contributed by atoms with Crippen LogP contribution < -0.4 is 10.9 Å². The van der Waals surface area contributed by atoms with Gasteiger partial charge in [0.2, 0.25) is 5.91 Å². The summed E-state index contributed by atoms with van der Waals surface area (Å²) in [4.78, 5) is 34.4. The lowest BCUT2D eigenvalue weighted by molar-refractivity contribution is -0.117. The summed E-state index contributed by atoms with van der Waals surface area (Å²) in [7, 11) is 0. The molecule has 3 heterocycles. The largest absolute Gasteiger partial charge is 0.300 e. The van der Waals surface area contributed by atoms with Crippen LogP contribution in [-0.4, -0.2) is 31.9 Å². The van der Waals surface area contributed by atoms with Crippen LogP contribution in [0.15, 0.2) is 75.9 Å². The second-order valence-electron chi connectivity index (χ2n) is 6.24. The molecule has 30 heavy (non-hydrogen) atoms. The van der Waals surface area contributed by atoms with E-state index in [0.717, 1.165) is 20.8 Å². The average molecular weight is 436 g/mol. The van der Waals surface area contributed by atoms with E-state index in [1.807, 2.05) is 54.1 Å². The smallest absolute Gasteiger partial charge is 0.267 e. The Morgan fingerprint density at radius 3 is 2.63 bits per heavy atom. The third kappa shape index (κ3) is 4.64. The molecule has 0 spiro atoms. The zero-order valence-corrected chi connectivity index (χ0v) is 17.6. The van der Waals surface area contributed by atoms with Crippen molar-refractivity contribution in [1.29, 1.82) is 0 Å². The molecule has 0 atom stereocenters. The SMILES string of the molecule is CSc1ccc(-c2ccc(=O)n(CC(=O)Nc3nc(-c4ccccn4)cs3)n2)cc1. The Morgan fingerprint density at radius 1 is 1.07 bits per heavy atom. The molecule has 1 aromatic carbocycles. The van der Waals surface area contributed by atoms with E-state index >= 15 is 0 Å². The highest BCUT2D eigenvalue weighted by atomic mass is 32.2. The summed E-state index contributed by atoms with van der Waals surface area (Å²) in [5.74, 6) is -0.374. The summed E-state index contributed by atoms with van der Waals surface area (Å²) >= 11 is 2.95. The van der Waals surface area contributed by atoms with Gasteiger partial charge in [0.05, 0.1) is 11.4 Å². The van der Waals surface area contributed by atoms with E-state index in [0.29, 0.717) is 16.5 Å². The predicted molar refractivity (Wildman–Crippen MR) is 120 cm³/mol. The van der Waals surface area contributed by atoms with Crippen molar-refractivity contribution >= 4 is 34.1 Å². The Balaban J connectivity index is 1.48. The van der Waals surface area contributed by atoms with E-state index in [1.54, 1.807) is 24.0 Å². The topological polar surface area (TPSA) is 89.8 Å². The van der Waals surface area contributed by atoms with Crippen LogP contribution in [0.2, 0.25) is 0 Å². The standard InChI is InChI=1S/C21H17N5O2S2/c1-29-15-7-5-14(6-8-15)16-9-10-20(28)26(25-16)12-19(27)24-21-23-18(13-30-21)17-4-2-3-11-22-17/h2-11,13H,12H2,1H3,(H,23,24,27). The lowest BCUT2D eigenvalue weighted by atomic mass is 10.1. The monoisotopic (exact) mass is 435 g/mol. The molecule has 0 aliphatic carbocycles. The van der Waals surface area contributed by atoms with Crippen molar-refractivity contribution in [3.63, 3.8) is 0 Å². The van der Waals surface area contributed by atoms with E-state index < -0.39 is 0 Å². The first-order valence-corrected chi connectivity index (χ1v) is 11.1. The highest BCUT2D eigenvalue weighted by molar-refractivity contribution is 7.98. The van der Waals surface area contributed by atoms with Gasteiger partial charge in [0.15, 0.2) is 5.13 Å². The minimum Gasteiger partial charge on any atom is -0.300 e. The highest BCUT2D eigenvalue weighted by Gasteiger charge is 2.11. The van der Waals surface area contributed by atoms with E-state index in [9.17, 15) is 9.59 Å². The molecule has 1 N–H and O–H groups in total. The first-order chi connectivity index (χ1) is 14.6. The van der Waals surface area contributed by atoms with Gasteiger partial charge < -0.3 is 5.32 Å². The number of anilines is 1. The van der Waals surface area contributed by atoms with Crippen LogP contribution in [0.1, 0.15) is 0 Å². The Hall–Kier alpha value is -3.30. The molecular formula is C21H17N5O2S2. The predicted octanol–water partition coefficient (Wildman–Crippen LogP) is 3.79. The summed E-state index contributed by atoms with van der Waals surface area (Å²) in [6.45, 7) is -0.200. The Labute approximate surface area is 180 Å². The fourth-order valence-electron chi connectivity index (χ4n) is 2.74. The lowest BCUT2D eigenvalue weighted by Crippen LogP contribution is -2.29. The number of nitrogens with zero attached hydrogens (tertiary/aromatic N) is 4. The van der Waals surface area contributed by atoms with Gasteiger partial charge in [0.1, 0.15) is 12.2 Å². The van der Waals surface area contributed by atoms with Gasteiger partial charge in [-0.1, -0.05) is 18.2 Å². The van der Waals surface area contributed by atoms with Crippen LogP contribution in [0.25, 0.3) is 22.6 Å². The maximum absolute atomic E-state index is 12.4. The van der Waals surface area contributed by atoms with Gasteiger partial charge in [-0.2, -0.15) is 5.10 Å². The maximum Gasteiger partial charge on any atom is 0.267 e. The number of hydrogen-bond donors (Lipinski definition) is 1. The first-order valence-electron chi connectivity index (χ1n) is 9.02. The average Bonchev–Trinajstić information content (AvgIpc) is 3.24. The Morgan fingerprint density at radius 2 is 1.90 bits per heavy atom. The third-order valence-electron chi connectivity index (χ3n) is 4.22. The van der Waals surface area contributed by atoms with Gasteiger partial charge in [-0.15, -0.1) is 23.1 Å². The second-order valence-corrected chi connectivity index (χ2v) is 7.98. The van der Waals surface area contributed by atoms with E-state index in [-0.39, 0.29) is 18.0 Å². The van der Waals surface area contributed by atoms with Gasteiger partial charge in [0, 0.05) is 28.1 Å². The summed E-state index contributed by atoms with van der Waals surface area (Å²) in [5, 5.41) is 9.33. The number of nitrogens with one attached hydrogen (secondary N) is 1. The number of amides is 1. The number of benzene rings is 1. The summed E-state index contributed by atoms with van der Waals surface area (Å²) in [6.07, 6.45) is 3.69. The van der Waals surface area contributed by atoms with Crippen molar-refractivity contribution in [3.05, 3.63) is 76.5 Å². The van der Waals surface area contributed by atoms with Crippen LogP contribution >= 0.6 is 23.1 Å². The number of carbonyl (C=O) groups is 1. The van der Waals surface area contributed by atoms with Crippen molar-refractivity contribution in [2.75, 3.05) is 11.6 Å². The fourth-order valence-corrected chi connectivity index (χ4v) is 3.86. The van der Waals surface area contributed by atoms with Crippen molar-refractivity contribution < 1.29 is 4.79 Å². The molecule has 0 bridgehead atoms. The van der Waals surface area contributed by atoms with Gasteiger partial charge in [-0.05, 0) is 36.6 Å². The van der Waals surface area contributed by atoms with Gasteiger partial charge in [0.25, 0.3) is 5.56 Å². The normalized spacial score (nSPS) is 10.7. The van der Waals surface area contributed by atoms with Gasteiger partial charge in [-0.25, -0.2) is 9.67 Å². The second kappa shape index (κ2) is 9.02. The van der Waals surface area contributed by atoms with Crippen molar-refractivity contribution in [2.45, 2.75) is 11.4 Å². The molecule has 0 unspecified atom stereocenters. The molecule has 3 aromatic heterocycles. The fraction of sp³-hybridized carbons (Fsp3) is 0.0952. The Kier molecular flexibility index (Phi) is 6.01. The number of hydrogen-bond acceptors (Lipinski definition) is 7. The molecule has 0 aliphatic rings. The van der Waals surface area contributed by atoms with Crippen LogP contribution in [0.3, 0.4) is 0 Å². The van der Waals surface area contributed by atoms with E-state index in [2.05, 4.69) is 20.4 Å². The molecule has 0 fully saturated rings. The number of aromatic nitrogens is 4. The molecule has 0 saturated heterocycles. The molecule has 9 heteroatoms. The van der Waals surface area contributed by atoms with Crippen LogP contribution in [-0.2, 0) is 11.3 Å². The minimum absolute atomic E-state index is 0.200. The molecular weight excluding hydrogens is 418 g/mol. The summed E-state index contributed by atoms with van der Waals surface area (Å²) in [5.41, 5.74) is 2.57. The van der Waals surface area contributed by atoms with Crippen molar-refractivity contribution in [2.24, 2.45) is 0 Å². The maximum atomic E-state index is 12.4. The van der Waals surface area contributed by atoms with Crippen molar-refractivity contribution in [1.82, 2.24) is 19.7 Å². The van der Waals surface area contributed by atoms with Crippen LogP contribution in [0.5, 0.6) is 0 Å². The molecule has 1 amide bonds. The quantitative estimate of drug-likeness (QED) is 0.464. The van der Waals surface area contributed by atoms with E-state index in [4.69, 9.17) is 0 Å². The molecule has 0 radical (unpaired) electrons. The van der Waals surface area contributed by atoms with E-state index in [1.165, 1.54) is 17.4 Å². The number of thioether (sulfide) groups is 1. The zero-order valence-electron chi connectivity index (χ0n) is 16.0. The first kappa shape index (κ1) is 20.0. The molecule has 4 rings (SSSR count). The highest BCUT2D eigenvalue weighted by Crippen LogP contribution is 2.23. The zero-order chi connectivity index (χ0) is 20.9. The Bertz CT molecular complexity index is 1220. The minimum atomic E-state index is -0.374. The van der Waals surface area contributed by atoms with Crippen LogP contribution in [0, 0.1) is 0 Å². The van der Waals surface area contributed by atoms with Crippen molar-refractivity contribution in [3.8, 4) is 22.6 Å². The molecule has 0 aliphatic heterocycles. The van der Waals surface area contributed by atoms with Gasteiger partial charge in [-0.3, -0.25) is 14.6 Å². The third-order valence-corrected chi connectivity index (χ3v) is 5.72.